The van der Waals surface area contributed by atoms with Gasteiger partial charge in [-0.15, -0.1) is 0 Å². The lowest BCUT2D eigenvalue weighted by Gasteiger charge is -2.09. The van der Waals surface area contributed by atoms with Crippen LogP contribution < -0.4 is 10.6 Å². The molecular formula is C26H22FN5O3. The lowest BCUT2D eigenvalue weighted by molar-refractivity contribution is 0.102. The number of benzene rings is 2. The number of nitrogens with zero attached hydrogens (tertiary/aromatic N) is 3. The van der Waals surface area contributed by atoms with Crippen molar-refractivity contribution in [3.05, 3.63) is 95.7 Å². The highest BCUT2D eigenvalue weighted by atomic mass is 19.1. The Morgan fingerprint density at radius 2 is 1.94 bits per heavy atom. The molecule has 1 aliphatic rings. The van der Waals surface area contributed by atoms with Crippen molar-refractivity contribution in [2.24, 2.45) is 0 Å². The maximum absolute atomic E-state index is 13.4. The van der Waals surface area contributed by atoms with Crippen LogP contribution in [-0.2, 0) is 6.54 Å². The molecule has 0 aliphatic heterocycles. The quantitative estimate of drug-likeness (QED) is 0.354. The van der Waals surface area contributed by atoms with Crippen LogP contribution >= 0.6 is 0 Å². The van der Waals surface area contributed by atoms with Gasteiger partial charge >= 0.3 is 6.03 Å². The number of phenols is 1. The van der Waals surface area contributed by atoms with Gasteiger partial charge in [-0.05, 0) is 66.9 Å². The summed E-state index contributed by atoms with van der Waals surface area (Å²) in [5.41, 5.74) is 3.02. The van der Waals surface area contributed by atoms with Gasteiger partial charge in [0.05, 0.1) is 17.0 Å². The van der Waals surface area contributed by atoms with Crippen molar-refractivity contribution in [2.45, 2.75) is 25.3 Å². The molecule has 8 nitrogen and oxygen atoms in total. The molecule has 2 amide bonds. The Labute approximate surface area is 200 Å². The highest BCUT2D eigenvalue weighted by Crippen LogP contribution is 2.42. The summed E-state index contributed by atoms with van der Waals surface area (Å²) in [4.78, 5) is 29.4. The molecule has 2 heterocycles. The van der Waals surface area contributed by atoms with Crippen molar-refractivity contribution >= 4 is 17.6 Å². The second kappa shape index (κ2) is 9.38. The maximum Gasteiger partial charge on any atom is 0.342 e. The van der Waals surface area contributed by atoms with E-state index in [1.165, 1.54) is 29.1 Å². The first-order valence-electron chi connectivity index (χ1n) is 11.2. The third-order valence-corrected chi connectivity index (χ3v) is 5.71. The van der Waals surface area contributed by atoms with Crippen LogP contribution in [0, 0.1) is 5.82 Å². The minimum atomic E-state index is -0.442. The second-order valence-corrected chi connectivity index (χ2v) is 8.36. The first-order valence-corrected chi connectivity index (χ1v) is 11.2. The summed E-state index contributed by atoms with van der Waals surface area (Å²) in [6.45, 7) is 0.150. The van der Waals surface area contributed by atoms with Crippen LogP contribution in [0.15, 0.2) is 73.1 Å². The lowest BCUT2D eigenvalue weighted by Crippen LogP contribution is -2.30. The third-order valence-electron chi connectivity index (χ3n) is 5.71. The Morgan fingerprint density at radius 1 is 1.09 bits per heavy atom. The zero-order valence-electron chi connectivity index (χ0n) is 18.6. The van der Waals surface area contributed by atoms with E-state index in [9.17, 15) is 19.1 Å². The summed E-state index contributed by atoms with van der Waals surface area (Å²) >= 11 is 0. The molecule has 4 aromatic rings. The Bertz CT molecular complexity index is 1400. The van der Waals surface area contributed by atoms with E-state index >= 15 is 0 Å². The zero-order valence-corrected chi connectivity index (χ0v) is 18.6. The molecule has 3 N–H and O–H groups in total. The van der Waals surface area contributed by atoms with E-state index in [-0.39, 0.29) is 29.9 Å². The minimum absolute atomic E-state index is 0.0310. The summed E-state index contributed by atoms with van der Waals surface area (Å²) in [6.07, 6.45) is 4.92. The number of anilines is 1. The van der Waals surface area contributed by atoms with Crippen molar-refractivity contribution in [3.8, 4) is 17.0 Å². The fourth-order valence-corrected chi connectivity index (χ4v) is 3.78. The van der Waals surface area contributed by atoms with Gasteiger partial charge in [-0.1, -0.05) is 12.1 Å². The Kier molecular flexibility index (Phi) is 5.97. The van der Waals surface area contributed by atoms with Crippen LogP contribution in [0.1, 0.15) is 40.4 Å². The molecule has 0 unspecified atom stereocenters. The van der Waals surface area contributed by atoms with Crippen molar-refractivity contribution in [3.63, 3.8) is 0 Å². The zero-order chi connectivity index (χ0) is 24.4. The van der Waals surface area contributed by atoms with E-state index in [1.807, 2.05) is 0 Å². The number of phenolic OH excluding ortho intramolecular Hbond substituents is 1. The lowest BCUT2D eigenvalue weighted by atomic mass is 10.1. The molecule has 1 aliphatic carbocycles. The second-order valence-electron chi connectivity index (χ2n) is 8.36. The molecule has 9 heteroatoms. The maximum atomic E-state index is 13.4. The largest absolute Gasteiger partial charge is 0.507 e. The first kappa shape index (κ1) is 22.3. The van der Waals surface area contributed by atoms with E-state index in [0.29, 0.717) is 28.1 Å². The van der Waals surface area contributed by atoms with Gasteiger partial charge in [0, 0.05) is 36.1 Å². The molecule has 5 rings (SSSR count). The molecule has 0 atom stereocenters. The van der Waals surface area contributed by atoms with Gasteiger partial charge in [-0.25, -0.2) is 9.18 Å². The van der Waals surface area contributed by atoms with Crippen molar-refractivity contribution in [1.82, 2.24) is 20.1 Å². The Morgan fingerprint density at radius 3 is 2.69 bits per heavy atom. The summed E-state index contributed by atoms with van der Waals surface area (Å²) in [5, 5.41) is 20.5. The third kappa shape index (κ3) is 5.03. The van der Waals surface area contributed by atoms with Gasteiger partial charge in [0.25, 0.3) is 5.91 Å². The number of hydrogen-bond acceptors (Lipinski definition) is 5. The van der Waals surface area contributed by atoms with Crippen LogP contribution in [0.3, 0.4) is 0 Å². The number of pyridine rings is 1. The molecular weight excluding hydrogens is 449 g/mol. The smallest absolute Gasteiger partial charge is 0.342 e. The van der Waals surface area contributed by atoms with Gasteiger partial charge in [0.2, 0.25) is 0 Å². The molecule has 1 fully saturated rings. The molecule has 0 radical (unpaired) electrons. The van der Waals surface area contributed by atoms with E-state index < -0.39 is 6.03 Å². The number of aromatic nitrogens is 3. The predicted molar refractivity (Wildman–Crippen MR) is 128 cm³/mol. The number of rotatable bonds is 6. The standard InChI is InChI=1S/C26H22FN5O3/c27-19-5-1-3-16(11-19)14-29-26(35)32-23(17-6-7-17)13-22(31-32)21-12-20(8-9-24(21)33)30-25(34)18-4-2-10-28-15-18/h1-5,8-13,15,17,33H,6-7,14H2,(H,29,35)(H,30,34). The number of aromatic hydroxyl groups is 1. The van der Waals surface area contributed by atoms with Crippen LogP contribution in [0.25, 0.3) is 11.3 Å². The summed E-state index contributed by atoms with van der Waals surface area (Å²) < 4.78 is 14.7. The van der Waals surface area contributed by atoms with Crippen LogP contribution in [0.5, 0.6) is 5.75 Å². The van der Waals surface area contributed by atoms with E-state index in [4.69, 9.17) is 0 Å². The normalized spacial score (nSPS) is 12.8. The molecule has 0 bridgehead atoms. The average molecular weight is 471 g/mol. The Hall–Kier alpha value is -4.53. The minimum Gasteiger partial charge on any atom is -0.507 e. The topological polar surface area (TPSA) is 109 Å². The fraction of sp³-hybridized carbons (Fsp3) is 0.154. The van der Waals surface area contributed by atoms with E-state index in [1.54, 1.807) is 48.7 Å². The Balaban J connectivity index is 1.39. The molecule has 2 aromatic heterocycles. The molecule has 0 saturated heterocycles. The van der Waals surface area contributed by atoms with Crippen molar-refractivity contribution in [1.29, 1.82) is 0 Å². The molecule has 0 spiro atoms. The van der Waals surface area contributed by atoms with E-state index in [0.717, 1.165) is 18.5 Å². The first-order chi connectivity index (χ1) is 17.0. The average Bonchev–Trinajstić information content (AvgIpc) is 3.62. The number of carbonyl (C=O) groups excluding carboxylic acids is 2. The molecule has 2 aromatic carbocycles. The summed E-state index contributed by atoms with van der Waals surface area (Å²) in [6, 6.07) is 15.3. The summed E-state index contributed by atoms with van der Waals surface area (Å²) in [7, 11) is 0. The number of amides is 2. The van der Waals surface area contributed by atoms with Crippen LogP contribution in [-0.4, -0.2) is 31.8 Å². The number of hydrogen-bond donors (Lipinski definition) is 3. The van der Waals surface area contributed by atoms with E-state index in [2.05, 4.69) is 20.7 Å². The van der Waals surface area contributed by atoms with Gasteiger partial charge < -0.3 is 15.7 Å². The van der Waals surface area contributed by atoms with Gasteiger partial charge in [0.1, 0.15) is 11.6 Å². The van der Waals surface area contributed by atoms with Gasteiger partial charge in [-0.2, -0.15) is 9.78 Å². The molecule has 1 saturated carbocycles. The molecule has 176 valence electrons. The van der Waals surface area contributed by atoms with Gasteiger partial charge in [-0.3, -0.25) is 9.78 Å². The SMILES string of the molecule is O=C(Nc1ccc(O)c(-c2cc(C3CC3)n(C(=O)NCc3cccc(F)c3)n2)c1)c1cccnc1. The number of carbonyl (C=O) groups is 2. The number of halogens is 1. The van der Waals surface area contributed by atoms with Crippen LogP contribution in [0.2, 0.25) is 0 Å². The predicted octanol–water partition coefficient (Wildman–Crippen LogP) is 4.68. The summed E-state index contributed by atoms with van der Waals surface area (Å²) in [5.74, 6) is -0.540. The van der Waals surface area contributed by atoms with Crippen molar-refractivity contribution in [2.75, 3.05) is 5.32 Å². The highest BCUT2D eigenvalue weighted by molar-refractivity contribution is 6.04. The van der Waals surface area contributed by atoms with Crippen LogP contribution in [0.4, 0.5) is 14.9 Å². The van der Waals surface area contributed by atoms with Gasteiger partial charge in [0.15, 0.2) is 0 Å². The number of nitrogens with one attached hydrogen (secondary N) is 2. The monoisotopic (exact) mass is 471 g/mol. The highest BCUT2D eigenvalue weighted by Gasteiger charge is 2.30. The fourth-order valence-electron chi connectivity index (χ4n) is 3.78. The van der Waals surface area contributed by atoms with Crippen molar-refractivity contribution < 1.29 is 19.1 Å². The molecule has 35 heavy (non-hydrogen) atoms.